The van der Waals surface area contributed by atoms with Crippen LogP contribution in [0.3, 0.4) is 0 Å². The average molecular weight is 413 g/mol. The lowest BCUT2D eigenvalue weighted by atomic mass is 10.2. The Morgan fingerprint density at radius 1 is 1.17 bits per heavy atom. The Morgan fingerprint density at radius 3 is 2.69 bits per heavy atom. The summed E-state index contributed by atoms with van der Waals surface area (Å²) in [4.78, 5) is 14.0. The standard InChI is InChI=1S/C21H24N4O3S/c1-5-27-18-12-15(10-11-17(18)28-14-20(26)24(2)3)13-22-23-21-25(4)16-8-6-7-9-19(16)29-21/h6-13H,5,14H2,1-4H3/b22-13-,23-21+. The van der Waals surface area contributed by atoms with Gasteiger partial charge in [0.15, 0.2) is 18.1 Å². The Hall–Kier alpha value is -3.13. The zero-order chi connectivity index (χ0) is 20.8. The van der Waals surface area contributed by atoms with Crippen LogP contribution in [0.5, 0.6) is 11.5 Å². The van der Waals surface area contributed by atoms with Gasteiger partial charge in [-0.2, -0.15) is 5.10 Å². The lowest BCUT2D eigenvalue weighted by Crippen LogP contribution is -2.27. The molecule has 3 aromatic rings. The lowest BCUT2D eigenvalue weighted by molar-refractivity contribution is -0.130. The molecule has 7 nitrogen and oxygen atoms in total. The zero-order valence-electron chi connectivity index (χ0n) is 17.0. The van der Waals surface area contributed by atoms with Gasteiger partial charge >= 0.3 is 0 Å². The van der Waals surface area contributed by atoms with E-state index < -0.39 is 0 Å². The number of aromatic nitrogens is 1. The SMILES string of the molecule is CCOc1cc(/C=N\N=c2\sc3ccccc3n2C)ccc1OCC(=O)N(C)C. The minimum Gasteiger partial charge on any atom is -0.490 e. The van der Waals surface area contributed by atoms with Crippen molar-refractivity contribution in [3.63, 3.8) is 0 Å². The summed E-state index contributed by atoms with van der Waals surface area (Å²) < 4.78 is 14.4. The molecule has 1 amide bonds. The second-order valence-corrected chi connectivity index (χ2v) is 7.48. The number of hydrogen-bond acceptors (Lipinski definition) is 6. The molecule has 0 N–H and O–H groups in total. The van der Waals surface area contributed by atoms with Crippen LogP contribution in [0.4, 0.5) is 0 Å². The molecule has 0 spiro atoms. The number of amides is 1. The Balaban J connectivity index is 1.80. The number of para-hydroxylation sites is 1. The van der Waals surface area contributed by atoms with E-state index in [2.05, 4.69) is 22.3 Å². The van der Waals surface area contributed by atoms with Gasteiger partial charge in [-0.25, -0.2) is 0 Å². The van der Waals surface area contributed by atoms with Gasteiger partial charge in [-0.05, 0) is 42.8 Å². The molecule has 29 heavy (non-hydrogen) atoms. The molecule has 0 unspecified atom stereocenters. The predicted molar refractivity (Wildman–Crippen MR) is 116 cm³/mol. The number of fused-ring (bicyclic) bond motifs is 1. The van der Waals surface area contributed by atoms with Gasteiger partial charge in [0.25, 0.3) is 5.91 Å². The molecule has 152 valence electrons. The van der Waals surface area contributed by atoms with Crippen LogP contribution in [0.2, 0.25) is 0 Å². The van der Waals surface area contributed by atoms with Crippen molar-refractivity contribution in [2.75, 3.05) is 27.3 Å². The van der Waals surface area contributed by atoms with Crippen molar-refractivity contribution in [1.82, 2.24) is 9.47 Å². The molecule has 0 aliphatic heterocycles. The van der Waals surface area contributed by atoms with Crippen molar-refractivity contribution < 1.29 is 14.3 Å². The van der Waals surface area contributed by atoms with Gasteiger partial charge < -0.3 is 18.9 Å². The minimum atomic E-state index is -0.118. The van der Waals surface area contributed by atoms with E-state index in [1.807, 2.05) is 42.8 Å². The molecule has 0 saturated heterocycles. The number of hydrogen-bond donors (Lipinski definition) is 0. The van der Waals surface area contributed by atoms with Crippen molar-refractivity contribution in [1.29, 1.82) is 0 Å². The van der Waals surface area contributed by atoms with E-state index in [1.165, 1.54) is 4.90 Å². The quantitative estimate of drug-likeness (QED) is 0.442. The number of ether oxygens (including phenoxy) is 2. The number of thiazole rings is 1. The number of carbonyl (C=O) groups excluding carboxylic acids is 1. The van der Waals surface area contributed by atoms with E-state index in [1.54, 1.807) is 37.7 Å². The van der Waals surface area contributed by atoms with Crippen LogP contribution in [-0.4, -0.2) is 48.9 Å². The second-order valence-electron chi connectivity index (χ2n) is 6.47. The molecule has 2 aromatic carbocycles. The number of benzene rings is 2. The Kier molecular flexibility index (Phi) is 6.66. The Morgan fingerprint density at radius 2 is 1.97 bits per heavy atom. The van der Waals surface area contributed by atoms with Gasteiger partial charge in [0.05, 0.1) is 23.0 Å². The summed E-state index contributed by atoms with van der Waals surface area (Å²) in [6.45, 7) is 2.34. The van der Waals surface area contributed by atoms with Crippen molar-refractivity contribution in [2.45, 2.75) is 6.92 Å². The molecule has 0 fully saturated rings. The van der Waals surface area contributed by atoms with Crippen LogP contribution in [0.25, 0.3) is 10.2 Å². The summed E-state index contributed by atoms with van der Waals surface area (Å²) >= 11 is 1.59. The monoisotopic (exact) mass is 412 g/mol. The molecule has 8 heteroatoms. The van der Waals surface area contributed by atoms with Crippen LogP contribution in [0.1, 0.15) is 12.5 Å². The van der Waals surface area contributed by atoms with Crippen molar-refractivity contribution in [3.05, 3.63) is 52.8 Å². The Bertz CT molecular complexity index is 1100. The summed E-state index contributed by atoms with van der Waals surface area (Å²) in [6.07, 6.45) is 1.67. The molecular weight excluding hydrogens is 388 g/mol. The highest BCUT2D eigenvalue weighted by molar-refractivity contribution is 7.16. The van der Waals surface area contributed by atoms with Crippen LogP contribution < -0.4 is 14.3 Å². The van der Waals surface area contributed by atoms with E-state index in [9.17, 15) is 4.79 Å². The zero-order valence-corrected chi connectivity index (χ0v) is 17.8. The first kappa shape index (κ1) is 20.6. The Labute approximate surface area is 173 Å². The molecule has 0 aliphatic rings. The first-order valence-electron chi connectivity index (χ1n) is 9.21. The maximum absolute atomic E-state index is 11.7. The maximum atomic E-state index is 11.7. The normalized spacial score (nSPS) is 11.9. The first-order chi connectivity index (χ1) is 14.0. The van der Waals surface area contributed by atoms with Gasteiger partial charge in [0.2, 0.25) is 4.80 Å². The fourth-order valence-electron chi connectivity index (χ4n) is 2.58. The van der Waals surface area contributed by atoms with Crippen LogP contribution in [-0.2, 0) is 11.8 Å². The second kappa shape index (κ2) is 9.38. The topological polar surface area (TPSA) is 68.4 Å². The average Bonchev–Trinajstić information content (AvgIpc) is 3.03. The molecule has 0 bridgehead atoms. The van der Waals surface area contributed by atoms with Crippen molar-refractivity contribution >= 4 is 33.7 Å². The van der Waals surface area contributed by atoms with E-state index in [4.69, 9.17) is 9.47 Å². The van der Waals surface area contributed by atoms with Gasteiger partial charge in [-0.15, -0.1) is 5.10 Å². The van der Waals surface area contributed by atoms with E-state index in [0.29, 0.717) is 18.1 Å². The minimum absolute atomic E-state index is 0.0434. The molecule has 0 aliphatic carbocycles. The molecule has 1 aromatic heterocycles. The summed E-state index contributed by atoms with van der Waals surface area (Å²) in [7, 11) is 5.35. The number of nitrogens with zero attached hydrogens (tertiary/aromatic N) is 4. The molecular formula is C21H24N4O3S. The van der Waals surface area contributed by atoms with Gasteiger partial charge in [-0.1, -0.05) is 23.5 Å². The largest absolute Gasteiger partial charge is 0.490 e. The molecule has 0 atom stereocenters. The van der Waals surface area contributed by atoms with Gasteiger partial charge in [-0.3, -0.25) is 4.79 Å². The highest BCUT2D eigenvalue weighted by Gasteiger charge is 2.10. The molecule has 1 heterocycles. The summed E-state index contributed by atoms with van der Waals surface area (Å²) in [5.41, 5.74) is 1.95. The fraction of sp³-hybridized carbons (Fsp3) is 0.286. The van der Waals surface area contributed by atoms with Gasteiger partial charge in [0, 0.05) is 21.1 Å². The van der Waals surface area contributed by atoms with E-state index >= 15 is 0 Å². The summed E-state index contributed by atoms with van der Waals surface area (Å²) in [5.74, 6) is 0.968. The van der Waals surface area contributed by atoms with Crippen molar-refractivity contribution in [3.8, 4) is 11.5 Å². The number of likely N-dealkylation sites (N-methyl/N-ethyl adjacent to an activating group) is 1. The summed E-state index contributed by atoms with van der Waals surface area (Å²) in [5, 5.41) is 8.57. The maximum Gasteiger partial charge on any atom is 0.259 e. The van der Waals surface area contributed by atoms with Crippen LogP contribution in [0.15, 0.2) is 52.7 Å². The third kappa shape index (κ3) is 5.03. The number of carbonyl (C=O) groups is 1. The predicted octanol–water partition coefficient (Wildman–Crippen LogP) is 3.04. The lowest BCUT2D eigenvalue weighted by Gasteiger charge is -2.14. The third-order valence-corrected chi connectivity index (χ3v) is 5.29. The molecule has 0 saturated carbocycles. The third-order valence-electron chi connectivity index (χ3n) is 4.18. The number of rotatable bonds is 7. The van der Waals surface area contributed by atoms with Gasteiger partial charge in [0.1, 0.15) is 0 Å². The van der Waals surface area contributed by atoms with E-state index in [0.717, 1.165) is 20.6 Å². The van der Waals surface area contributed by atoms with Crippen molar-refractivity contribution in [2.24, 2.45) is 17.3 Å². The number of aryl methyl sites for hydroxylation is 1. The summed E-state index contributed by atoms with van der Waals surface area (Å²) in [6, 6.07) is 13.6. The highest BCUT2D eigenvalue weighted by Crippen LogP contribution is 2.28. The smallest absolute Gasteiger partial charge is 0.259 e. The fourth-order valence-corrected chi connectivity index (χ4v) is 3.56. The molecule has 3 rings (SSSR count). The highest BCUT2D eigenvalue weighted by atomic mass is 32.1. The molecule has 0 radical (unpaired) electrons. The van der Waals surface area contributed by atoms with E-state index in [-0.39, 0.29) is 12.5 Å². The van der Waals surface area contributed by atoms with Crippen LogP contribution in [0, 0.1) is 0 Å². The van der Waals surface area contributed by atoms with Crippen LogP contribution >= 0.6 is 11.3 Å². The first-order valence-corrected chi connectivity index (χ1v) is 10.0.